The van der Waals surface area contributed by atoms with Gasteiger partial charge in [-0.2, -0.15) is 0 Å². The minimum absolute atomic E-state index is 0.00724. The van der Waals surface area contributed by atoms with Crippen molar-refractivity contribution in [3.63, 3.8) is 0 Å². The Labute approximate surface area is 122 Å². The van der Waals surface area contributed by atoms with Crippen molar-refractivity contribution in [2.75, 3.05) is 32.8 Å². The number of rotatable bonds is 4. The van der Waals surface area contributed by atoms with E-state index < -0.39 is 0 Å². The topological polar surface area (TPSA) is 49.9 Å². The third-order valence-electron chi connectivity index (χ3n) is 3.30. The Balaban J connectivity index is 2.32. The van der Waals surface area contributed by atoms with E-state index in [4.69, 9.17) is 4.74 Å². The van der Waals surface area contributed by atoms with Crippen LogP contribution < -0.4 is 0 Å². The summed E-state index contributed by atoms with van der Waals surface area (Å²) in [4.78, 5) is 27.4. The smallest absolute Gasteiger partial charge is 0.409 e. The van der Waals surface area contributed by atoms with E-state index >= 15 is 0 Å². The second kappa shape index (κ2) is 7.50. The Kier molecular flexibility index (Phi) is 6.30. The van der Waals surface area contributed by atoms with Crippen LogP contribution in [0.5, 0.6) is 0 Å². The lowest BCUT2D eigenvalue weighted by Crippen LogP contribution is -2.51. The molecule has 1 fully saturated rings. The van der Waals surface area contributed by atoms with Gasteiger partial charge in [0.05, 0.1) is 6.61 Å². The molecule has 20 heavy (non-hydrogen) atoms. The highest BCUT2D eigenvalue weighted by atomic mass is 16.6. The molecule has 2 amide bonds. The lowest BCUT2D eigenvalue weighted by Gasteiger charge is -2.35. The van der Waals surface area contributed by atoms with Crippen LogP contribution >= 0.6 is 0 Å². The van der Waals surface area contributed by atoms with Gasteiger partial charge in [0, 0.05) is 32.6 Å². The number of piperazine rings is 1. The first kappa shape index (κ1) is 16.8. The predicted octanol–water partition coefficient (Wildman–Crippen LogP) is 2.50. The van der Waals surface area contributed by atoms with E-state index in [0.29, 0.717) is 39.2 Å². The van der Waals surface area contributed by atoms with Crippen molar-refractivity contribution in [3.8, 4) is 0 Å². The molecule has 0 unspecified atom stereocenters. The maximum atomic E-state index is 12.1. The molecule has 0 spiro atoms. The van der Waals surface area contributed by atoms with E-state index in [0.717, 1.165) is 12.8 Å². The van der Waals surface area contributed by atoms with Gasteiger partial charge in [-0.05, 0) is 11.8 Å². The summed E-state index contributed by atoms with van der Waals surface area (Å²) in [6, 6.07) is 0. The first-order valence-electron chi connectivity index (χ1n) is 7.53. The zero-order valence-electron chi connectivity index (χ0n) is 13.3. The number of amides is 2. The number of hydrogen-bond donors (Lipinski definition) is 0. The Morgan fingerprint density at radius 3 is 2.10 bits per heavy atom. The fraction of sp³-hybridized carbons (Fsp3) is 0.867. The molecule has 0 aliphatic carbocycles. The summed E-state index contributed by atoms with van der Waals surface area (Å²) >= 11 is 0. The molecule has 5 nitrogen and oxygen atoms in total. The molecule has 1 aliphatic rings. The van der Waals surface area contributed by atoms with Crippen molar-refractivity contribution in [1.29, 1.82) is 0 Å². The highest BCUT2D eigenvalue weighted by Crippen LogP contribution is 2.20. The summed E-state index contributed by atoms with van der Waals surface area (Å²) in [5.41, 5.74) is 0.00724. The number of ether oxygens (including phenoxy) is 1. The number of unbranched alkanes of at least 4 members (excludes halogenated alkanes) is 1. The Morgan fingerprint density at radius 2 is 1.60 bits per heavy atom. The zero-order chi connectivity index (χ0) is 15.2. The van der Waals surface area contributed by atoms with Crippen molar-refractivity contribution in [2.24, 2.45) is 5.41 Å². The number of carbonyl (C=O) groups is 2. The van der Waals surface area contributed by atoms with Crippen LogP contribution in [0.25, 0.3) is 0 Å². The minimum Gasteiger partial charge on any atom is -0.449 e. The second-order valence-electron chi connectivity index (χ2n) is 6.57. The van der Waals surface area contributed by atoms with Crippen molar-refractivity contribution in [3.05, 3.63) is 0 Å². The van der Waals surface area contributed by atoms with Crippen LogP contribution in [0.2, 0.25) is 0 Å². The molecule has 1 rings (SSSR count). The first-order chi connectivity index (χ1) is 9.33. The van der Waals surface area contributed by atoms with Crippen LogP contribution in [-0.4, -0.2) is 54.6 Å². The number of hydrogen-bond acceptors (Lipinski definition) is 3. The SMILES string of the molecule is CCCCOC(=O)N1CCN(C(=O)CC(C)(C)C)CC1. The molecule has 1 aliphatic heterocycles. The van der Waals surface area contributed by atoms with Crippen LogP contribution in [-0.2, 0) is 9.53 Å². The van der Waals surface area contributed by atoms with E-state index in [9.17, 15) is 9.59 Å². The molecule has 0 N–H and O–H groups in total. The van der Waals surface area contributed by atoms with Gasteiger partial charge in [-0.25, -0.2) is 4.79 Å². The molecule has 5 heteroatoms. The standard InChI is InChI=1S/C15H28N2O3/c1-5-6-11-20-14(19)17-9-7-16(8-10-17)13(18)12-15(2,3)4/h5-12H2,1-4H3. The van der Waals surface area contributed by atoms with Crippen LogP contribution in [0.3, 0.4) is 0 Å². The average Bonchev–Trinajstić information content (AvgIpc) is 2.37. The first-order valence-corrected chi connectivity index (χ1v) is 7.53. The second-order valence-corrected chi connectivity index (χ2v) is 6.57. The van der Waals surface area contributed by atoms with Crippen molar-refractivity contribution in [2.45, 2.75) is 47.0 Å². The van der Waals surface area contributed by atoms with Crippen LogP contribution in [0.15, 0.2) is 0 Å². The summed E-state index contributed by atoms with van der Waals surface area (Å²) in [6.45, 7) is 11.1. The summed E-state index contributed by atoms with van der Waals surface area (Å²) in [7, 11) is 0. The molecule has 0 bridgehead atoms. The zero-order valence-corrected chi connectivity index (χ0v) is 13.3. The summed E-state index contributed by atoms with van der Waals surface area (Å²) in [5, 5.41) is 0. The van der Waals surface area contributed by atoms with Crippen LogP contribution in [0, 0.1) is 5.41 Å². The molecule has 0 aromatic rings. The fourth-order valence-electron chi connectivity index (χ4n) is 2.10. The van der Waals surface area contributed by atoms with Gasteiger partial charge in [-0.1, -0.05) is 34.1 Å². The van der Waals surface area contributed by atoms with Crippen molar-refractivity contribution < 1.29 is 14.3 Å². The van der Waals surface area contributed by atoms with Crippen LogP contribution in [0.4, 0.5) is 4.79 Å². The van der Waals surface area contributed by atoms with E-state index in [1.165, 1.54) is 0 Å². The number of carbonyl (C=O) groups excluding carboxylic acids is 2. The molecule has 0 saturated carbocycles. The third-order valence-corrected chi connectivity index (χ3v) is 3.30. The predicted molar refractivity (Wildman–Crippen MR) is 78.5 cm³/mol. The molecule has 0 atom stereocenters. The highest BCUT2D eigenvalue weighted by Gasteiger charge is 2.27. The molecule has 1 saturated heterocycles. The van der Waals surface area contributed by atoms with Gasteiger partial charge >= 0.3 is 6.09 Å². The maximum absolute atomic E-state index is 12.1. The molecule has 116 valence electrons. The minimum atomic E-state index is -0.249. The molecule has 1 heterocycles. The Hall–Kier alpha value is -1.26. The largest absolute Gasteiger partial charge is 0.449 e. The van der Waals surface area contributed by atoms with Crippen LogP contribution in [0.1, 0.15) is 47.0 Å². The molecular weight excluding hydrogens is 256 g/mol. The highest BCUT2D eigenvalue weighted by molar-refractivity contribution is 5.77. The van der Waals surface area contributed by atoms with Gasteiger partial charge < -0.3 is 14.5 Å². The normalized spacial score (nSPS) is 16.2. The summed E-state index contributed by atoms with van der Waals surface area (Å²) in [6.07, 6.45) is 2.22. The maximum Gasteiger partial charge on any atom is 0.409 e. The van der Waals surface area contributed by atoms with Gasteiger partial charge in [-0.15, -0.1) is 0 Å². The number of nitrogens with zero attached hydrogens (tertiary/aromatic N) is 2. The summed E-state index contributed by atoms with van der Waals surface area (Å²) < 4.78 is 5.18. The molecule has 0 radical (unpaired) electrons. The monoisotopic (exact) mass is 284 g/mol. The van der Waals surface area contributed by atoms with Gasteiger partial charge in [-0.3, -0.25) is 4.79 Å². The van der Waals surface area contributed by atoms with Gasteiger partial charge in [0.15, 0.2) is 0 Å². The quantitative estimate of drug-likeness (QED) is 0.745. The van der Waals surface area contributed by atoms with E-state index in [-0.39, 0.29) is 17.4 Å². The van der Waals surface area contributed by atoms with E-state index in [1.54, 1.807) is 4.90 Å². The Morgan fingerprint density at radius 1 is 1.05 bits per heavy atom. The van der Waals surface area contributed by atoms with Crippen molar-refractivity contribution in [1.82, 2.24) is 9.80 Å². The summed E-state index contributed by atoms with van der Waals surface area (Å²) in [5.74, 6) is 0.177. The third kappa shape index (κ3) is 5.80. The van der Waals surface area contributed by atoms with E-state index in [2.05, 4.69) is 27.7 Å². The molecular formula is C15H28N2O3. The molecule has 0 aromatic heterocycles. The lowest BCUT2D eigenvalue weighted by molar-refractivity contribution is -0.134. The fourth-order valence-corrected chi connectivity index (χ4v) is 2.10. The Bertz CT molecular complexity index is 329. The van der Waals surface area contributed by atoms with Gasteiger partial charge in [0.2, 0.25) is 5.91 Å². The van der Waals surface area contributed by atoms with Crippen molar-refractivity contribution >= 4 is 12.0 Å². The lowest BCUT2D eigenvalue weighted by atomic mass is 9.91. The average molecular weight is 284 g/mol. The van der Waals surface area contributed by atoms with Gasteiger partial charge in [0.25, 0.3) is 0 Å². The van der Waals surface area contributed by atoms with E-state index in [1.807, 2.05) is 4.90 Å². The molecule has 0 aromatic carbocycles. The van der Waals surface area contributed by atoms with Gasteiger partial charge in [0.1, 0.15) is 0 Å².